The molecule has 0 aromatic carbocycles. The first-order chi connectivity index (χ1) is 10.9. The maximum Gasteiger partial charge on any atom is 0.353 e. The van der Waals surface area contributed by atoms with Gasteiger partial charge < -0.3 is 5.11 Å². The Balaban J connectivity index is 1.80. The van der Waals surface area contributed by atoms with Gasteiger partial charge in [0.25, 0.3) is 10.1 Å². The minimum absolute atomic E-state index is 0.0486. The van der Waals surface area contributed by atoms with Crippen molar-refractivity contribution < 1.29 is 27.3 Å². The lowest BCUT2D eigenvalue weighted by Crippen LogP contribution is -2.54. The summed E-state index contributed by atoms with van der Waals surface area (Å²) in [5.74, 6) is -2.21. The maximum absolute atomic E-state index is 12.3. The molecule has 1 aromatic heterocycles. The van der Waals surface area contributed by atoms with E-state index in [0.717, 1.165) is 16.7 Å². The van der Waals surface area contributed by atoms with Crippen LogP contribution in [0.3, 0.4) is 0 Å². The quantitative estimate of drug-likeness (QED) is 0.296. The molecule has 1 saturated heterocycles. The summed E-state index contributed by atoms with van der Waals surface area (Å²) in [7, 11) is -4.27. The summed E-state index contributed by atoms with van der Waals surface area (Å²) in [6, 6.07) is 0. The first-order valence-electron chi connectivity index (χ1n) is 6.19. The van der Waals surface area contributed by atoms with Crippen molar-refractivity contribution in [2.45, 2.75) is 16.8 Å². The number of thioether (sulfide) groups is 2. The molecule has 1 amide bonds. The fourth-order valence-electron chi connectivity index (χ4n) is 2.06. The highest BCUT2D eigenvalue weighted by Gasteiger charge is 2.48. The van der Waals surface area contributed by atoms with Crippen LogP contribution in [0.4, 0.5) is 0 Å². The number of carbonyl (C=O) groups excluding carboxylic acids is 1. The summed E-state index contributed by atoms with van der Waals surface area (Å²) < 4.78 is 29.4. The predicted octanol–water partition coefficient (Wildman–Crippen LogP) is -0.198. The number of carboxylic acids is 1. The Labute approximate surface area is 138 Å². The Hall–Kier alpha value is -1.57. The standard InChI is InChI=1S/C10H10N4O6S3/c15-7-1-8-14(7)9(10(16)17)5(3-21-8)23(18,19)20-4-22-6-2-11-13-12-6/h2,8H,1,3-4H2,(H,16,17)(H,11,12,13). The number of β-lactam (4-membered cyclic amide) rings is 1. The van der Waals surface area contributed by atoms with Crippen molar-refractivity contribution in [3.8, 4) is 0 Å². The zero-order chi connectivity index (χ0) is 16.6. The van der Waals surface area contributed by atoms with E-state index in [4.69, 9.17) is 4.18 Å². The van der Waals surface area contributed by atoms with Crippen LogP contribution in [0, 0.1) is 0 Å². The van der Waals surface area contributed by atoms with E-state index in [2.05, 4.69) is 15.4 Å². The molecule has 2 N–H and O–H groups in total. The number of nitrogens with zero attached hydrogens (tertiary/aromatic N) is 3. The number of fused-ring (bicyclic) bond motifs is 1. The first kappa shape index (κ1) is 16.3. The molecule has 2 aliphatic heterocycles. The maximum atomic E-state index is 12.3. The molecule has 1 aromatic rings. The van der Waals surface area contributed by atoms with Crippen molar-refractivity contribution in [1.82, 2.24) is 20.3 Å². The number of H-pyrrole nitrogens is 1. The smallest absolute Gasteiger partial charge is 0.353 e. The number of carbonyl (C=O) groups is 2. The second kappa shape index (κ2) is 6.14. The molecule has 0 saturated carbocycles. The van der Waals surface area contributed by atoms with Crippen LogP contribution >= 0.6 is 23.5 Å². The number of aromatic nitrogens is 3. The summed E-state index contributed by atoms with van der Waals surface area (Å²) in [4.78, 5) is 23.6. The van der Waals surface area contributed by atoms with Crippen molar-refractivity contribution in [1.29, 1.82) is 0 Å². The fourth-order valence-corrected chi connectivity index (χ4v) is 5.57. The SMILES string of the molecule is O=C(O)C1=C(S(=O)(=O)OCSc2c[nH]nn2)CSC2CC(=O)N12. The van der Waals surface area contributed by atoms with Crippen LogP contribution in [0.1, 0.15) is 6.42 Å². The van der Waals surface area contributed by atoms with Crippen LogP contribution in [-0.4, -0.2) is 62.8 Å². The molecule has 13 heteroatoms. The Kier molecular flexibility index (Phi) is 4.35. The highest BCUT2D eigenvalue weighted by Crippen LogP contribution is 2.41. The van der Waals surface area contributed by atoms with E-state index in [9.17, 15) is 23.1 Å². The lowest BCUT2D eigenvalue weighted by Gasteiger charge is -2.43. The lowest BCUT2D eigenvalue weighted by atomic mass is 10.1. The van der Waals surface area contributed by atoms with Gasteiger partial charge in [-0.05, 0) is 0 Å². The molecule has 0 bridgehead atoms. The van der Waals surface area contributed by atoms with E-state index < -0.39 is 32.6 Å². The Morgan fingerprint density at radius 2 is 2.39 bits per heavy atom. The van der Waals surface area contributed by atoms with E-state index in [1.165, 1.54) is 18.0 Å². The predicted molar refractivity (Wildman–Crippen MR) is 79.5 cm³/mol. The first-order valence-corrected chi connectivity index (χ1v) is 9.63. The number of aromatic amines is 1. The summed E-state index contributed by atoms with van der Waals surface area (Å²) in [6.07, 6.45) is 1.67. The minimum atomic E-state index is -4.27. The molecule has 1 fully saturated rings. The van der Waals surface area contributed by atoms with Crippen LogP contribution in [0.15, 0.2) is 21.8 Å². The van der Waals surface area contributed by atoms with Crippen LogP contribution in [-0.2, 0) is 23.9 Å². The molecule has 3 heterocycles. The van der Waals surface area contributed by atoms with E-state index in [1.54, 1.807) is 0 Å². The molecule has 0 aliphatic carbocycles. The lowest BCUT2D eigenvalue weighted by molar-refractivity contribution is -0.146. The monoisotopic (exact) mass is 378 g/mol. The Bertz CT molecular complexity index is 775. The second-order valence-electron chi connectivity index (χ2n) is 4.46. The average Bonchev–Trinajstić information content (AvgIpc) is 2.98. The summed E-state index contributed by atoms with van der Waals surface area (Å²) >= 11 is 2.17. The van der Waals surface area contributed by atoms with Crippen molar-refractivity contribution in [3.63, 3.8) is 0 Å². The van der Waals surface area contributed by atoms with Crippen molar-refractivity contribution >= 4 is 45.5 Å². The molecule has 0 radical (unpaired) electrons. The van der Waals surface area contributed by atoms with Gasteiger partial charge in [0.2, 0.25) is 5.91 Å². The van der Waals surface area contributed by atoms with E-state index >= 15 is 0 Å². The number of nitrogens with one attached hydrogen (secondary N) is 1. The minimum Gasteiger partial charge on any atom is -0.477 e. The fraction of sp³-hybridized carbons (Fsp3) is 0.400. The van der Waals surface area contributed by atoms with Crippen LogP contribution in [0.25, 0.3) is 0 Å². The van der Waals surface area contributed by atoms with Crippen molar-refractivity contribution in [2.75, 3.05) is 11.7 Å². The van der Waals surface area contributed by atoms with Crippen molar-refractivity contribution in [3.05, 3.63) is 16.8 Å². The number of carboxylic acid groups (broad SMARTS) is 1. The molecule has 1 unspecified atom stereocenters. The number of hydrogen-bond acceptors (Lipinski definition) is 9. The molecular weight excluding hydrogens is 368 g/mol. The van der Waals surface area contributed by atoms with Gasteiger partial charge in [-0.3, -0.25) is 19.0 Å². The molecule has 23 heavy (non-hydrogen) atoms. The normalized spacial score (nSPS) is 21.1. The number of rotatable bonds is 6. The number of amides is 1. The van der Waals surface area contributed by atoms with Crippen LogP contribution in [0.5, 0.6) is 0 Å². The molecule has 3 rings (SSSR count). The third kappa shape index (κ3) is 3.08. The summed E-state index contributed by atoms with van der Waals surface area (Å²) in [5.41, 5.74) is -0.517. The Morgan fingerprint density at radius 3 is 3.00 bits per heavy atom. The molecular formula is C10H10N4O6S3. The largest absolute Gasteiger partial charge is 0.477 e. The van der Waals surface area contributed by atoms with Gasteiger partial charge in [-0.15, -0.1) is 16.9 Å². The van der Waals surface area contributed by atoms with Gasteiger partial charge >= 0.3 is 5.97 Å². The molecule has 2 aliphatic rings. The van der Waals surface area contributed by atoms with Gasteiger partial charge in [0.15, 0.2) is 0 Å². The van der Waals surface area contributed by atoms with Gasteiger partial charge in [0, 0.05) is 5.75 Å². The second-order valence-corrected chi connectivity index (χ2v) is 8.20. The topological polar surface area (TPSA) is 143 Å². The zero-order valence-electron chi connectivity index (χ0n) is 11.3. The number of hydrogen-bond donors (Lipinski definition) is 2. The molecule has 0 spiro atoms. The van der Waals surface area contributed by atoms with Gasteiger partial charge in [0.1, 0.15) is 21.6 Å². The molecule has 1 atom stereocenters. The third-order valence-electron chi connectivity index (χ3n) is 3.13. The Morgan fingerprint density at radius 1 is 1.61 bits per heavy atom. The van der Waals surface area contributed by atoms with E-state index in [1.807, 2.05) is 0 Å². The van der Waals surface area contributed by atoms with E-state index in [-0.39, 0.29) is 23.5 Å². The third-order valence-corrected chi connectivity index (χ3v) is 6.78. The van der Waals surface area contributed by atoms with Crippen molar-refractivity contribution in [2.24, 2.45) is 0 Å². The highest BCUT2D eigenvalue weighted by atomic mass is 32.2. The zero-order valence-corrected chi connectivity index (χ0v) is 13.8. The highest BCUT2D eigenvalue weighted by molar-refractivity contribution is 8.02. The molecule has 124 valence electrons. The summed E-state index contributed by atoms with van der Waals surface area (Å²) in [6.45, 7) is 0. The number of aliphatic carboxylic acids is 1. The molecule has 10 nitrogen and oxygen atoms in total. The van der Waals surface area contributed by atoms with Gasteiger partial charge in [-0.1, -0.05) is 17.0 Å². The van der Waals surface area contributed by atoms with Crippen LogP contribution < -0.4 is 0 Å². The summed E-state index contributed by atoms with van der Waals surface area (Å²) in [5, 5.41) is 19.0. The average molecular weight is 378 g/mol. The van der Waals surface area contributed by atoms with Gasteiger partial charge in [0.05, 0.1) is 18.0 Å². The van der Waals surface area contributed by atoms with Gasteiger partial charge in [-0.25, -0.2) is 4.79 Å². The van der Waals surface area contributed by atoms with Crippen LogP contribution in [0.2, 0.25) is 0 Å². The van der Waals surface area contributed by atoms with Gasteiger partial charge in [-0.2, -0.15) is 8.42 Å². The van der Waals surface area contributed by atoms with E-state index in [0.29, 0.717) is 5.03 Å².